The quantitative estimate of drug-likeness (QED) is 0.484. The van der Waals surface area contributed by atoms with E-state index in [4.69, 9.17) is 0 Å². The fourth-order valence-corrected chi connectivity index (χ4v) is 5.07. The molecule has 2 aromatic carbocycles. The van der Waals surface area contributed by atoms with E-state index < -0.39 is 10.0 Å². The van der Waals surface area contributed by atoms with Crippen LogP contribution in [0, 0.1) is 12.7 Å². The lowest BCUT2D eigenvalue weighted by Crippen LogP contribution is -2.20. The number of benzene rings is 2. The fraction of sp³-hybridized carbons (Fsp3) is 0.286. The Morgan fingerprint density at radius 2 is 1.97 bits per heavy atom. The molecule has 1 saturated carbocycles. The van der Waals surface area contributed by atoms with Crippen molar-refractivity contribution in [1.82, 2.24) is 19.5 Å². The summed E-state index contributed by atoms with van der Waals surface area (Å²) in [6, 6.07) is 11.3. The van der Waals surface area contributed by atoms with E-state index in [0.717, 1.165) is 12.8 Å². The van der Waals surface area contributed by atoms with Crippen LogP contribution < -0.4 is 10.0 Å². The minimum Gasteiger partial charge on any atom is -0.325 e. The first-order chi connectivity index (χ1) is 15.3. The van der Waals surface area contributed by atoms with Crippen LogP contribution in [0.3, 0.4) is 0 Å². The number of carbonyl (C=O) groups excluding carboxylic acids is 1. The van der Waals surface area contributed by atoms with Crippen molar-refractivity contribution >= 4 is 33.4 Å². The molecule has 0 atom stereocenters. The van der Waals surface area contributed by atoms with Crippen LogP contribution in [0.2, 0.25) is 0 Å². The molecule has 2 N–H and O–H groups in total. The van der Waals surface area contributed by atoms with Gasteiger partial charge in [0.2, 0.25) is 15.9 Å². The molecule has 0 bridgehead atoms. The second kappa shape index (κ2) is 9.00. The van der Waals surface area contributed by atoms with Gasteiger partial charge >= 0.3 is 0 Å². The van der Waals surface area contributed by atoms with E-state index in [1.807, 2.05) is 4.57 Å². The topological polar surface area (TPSA) is 106 Å². The highest BCUT2D eigenvalue weighted by molar-refractivity contribution is 7.99. The average Bonchev–Trinajstić information content (AvgIpc) is 3.53. The smallest absolute Gasteiger partial charge is 0.240 e. The van der Waals surface area contributed by atoms with Crippen LogP contribution in [0.1, 0.15) is 24.4 Å². The SMILES string of the molecule is CNS(=O)(=O)c1cc(NC(=O)CSc2nnc(-c3ccccc3F)n2C2CC2)ccc1C. The Labute approximate surface area is 189 Å². The first-order valence-corrected chi connectivity index (χ1v) is 12.4. The third-order valence-electron chi connectivity index (χ3n) is 5.05. The van der Waals surface area contributed by atoms with Gasteiger partial charge in [-0.25, -0.2) is 17.5 Å². The molecule has 4 rings (SSSR count). The highest BCUT2D eigenvalue weighted by Gasteiger charge is 2.31. The minimum atomic E-state index is -3.64. The predicted octanol–water partition coefficient (Wildman–Crippen LogP) is 3.37. The zero-order chi connectivity index (χ0) is 22.9. The van der Waals surface area contributed by atoms with Crippen LogP contribution in [0.4, 0.5) is 10.1 Å². The number of aromatic nitrogens is 3. The molecule has 1 aromatic heterocycles. The normalized spacial score (nSPS) is 13.8. The number of nitrogens with zero attached hydrogens (tertiary/aromatic N) is 3. The van der Waals surface area contributed by atoms with E-state index in [-0.39, 0.29) is 28.4 Å². The Morgan fingerprint density at radius 3 is 2.66 bits per heavy atom. The Balaban J connectivity index is 1.49. The maximum Gasteiger partial charge on any atom is 0.240 e. The van der Waals surface area contributed by atoms with E-state index in [2.05, 4.69) is 20.2 Å². The molecule has 0 unspecified atom stereocenters. The number of sulfonamides is 1. The van der Waals surface area contributed by atoms with Gasteiger partial charge in [-0.15, -0.1) is 10.2 Å². The summed E-state index contributed by atoms with van der Waals surface area (Å²) in [6.45, 7) is 1.68. The molecule has 168 valence electrons. The van der Waals surface area contributed by atoms with Crippen molar-refractivity contribution < 1.29 is 17.6 Å². The van der Waals surface area contributed by atoms with Crippen molar-refractivity contribution in [3.05, 3.63) is 53.8 Å². The summed E-state index contributed by atoms with van der Waals surface area (Å²) in [4.78, 5) is 12.6. The molecular weight excluding hydrogens is 453 g/mol. The van der Waals surface area contributed by atoms with Crippen LogP contribution >= 0.6 is 11.8 Å². The van der Waals surface area contributed by atoms with Gasteiger partial charge in [0, 0.05) is 11.7 Å². The van der Waals surface area contributed by atoms with Gasteiger partial charge in [0.1, 0.15) is 5.82 Å². The molecular formula is C21H22FN5O3S2. The molecule has 0 radical (unpaired) electrons. The molecule has 0 spiro atoms. The van der Waals surface area contributed by atoms with Crippen LogP contribution in [0.15, 0.2) is 52.5 Å². The van der Waals surface area contributed by atoms with Gasteiger partial charge in [-0.2, -0.15) is 0 Å². The van der Waals surface area contributed by atoms with Crippen molar-refractivity contribution in [3.63, 3.8) is 0 Å². The molecule has 32 heavy (non-hydrogen) atoms. The van der Waals surface area contributed by atoms with Crippen molar-refractivity contribution in [3.8, 4) is 11.4 Å². The molecule has 1 heterocycles. The number of rotatable bonds is 8. The Bertz CT molecular complexity index is 1270. The van der Waals surface area contributed by atoms with E-state index in [1.54, 1.807) is 37.3 Å². The number of aryl methyl sites for hydroxylation is 1. The number of thioether (sulfide) groups is 1. The summed E-state index contributed by atoms with van der Waals surface area (Å²) in [5.74, 6) is -0.189. The second-order valence-electron chi connectivity index (χ2n) is 7.41. The van der Waals surface area contributed by atoms with E-state index >= 15 is 0 Å². The van der Waals surface area contributed by atoms with Gasteiger partial charge in [-0.1, -0.05) is 30.0 Å². The molecule has 1 amide bonds. The molecule has 0 saturated heterocycles. The molecule has 1 fully saturated rings. The number of carbonyl (C=O) groups is 1. The van der Waals surface area contributed by atoms with E-state index in [9.17, 15) is 17.6 Å². The minimum absolute atomic E-state index is 0.0457. The maximum absolute atomic E-state index is 14.3. The van der Waals surface area contributed by atoms with Crippen LogP contribution in [-0.4, -0.2) is 41.9 Å². The second-order valence-corrected chi connectivity index (χ2v) is 10.2. The zero-order valence-corrected chi connectivity index (χ0v) is 19.1. The Kier molecular flexibility index (Phi) is 6.31. The van der Waals surface area contributed by atoms with Crippen molar-refractivity contribution in [1.29, 1.82) is 0 Å². The summed E-state index contributed by atoms with van der Waals surface area (Å²) >= 11 is 1.21. The molecule has 1 aliphatic rings. The molecule has 11 heteroatoms. The molecule has 8 nitrogen and oxygen atoms in total. The lowest BCUT2D eigenvalue weighted by molar-refractivity contribution is -0.113. The summed E-state index contributed by atoms with van der Waals surface area (Å²) in [7, 11) is -2.30. The van der Waals surface area contributed by atoms with Gasteiger partial charge in [0.15, 0.2) is 11.0 Å². The Morgan fingerprint density at radius 1 is 1.22 bits per heavy atom. The third kappa shape index (κ3) is 4.69. The Hall–Kier alpha value is -2.76. The van der Waals surface area contributed by atoms with Crippen molar-refractivity contribution in [2.75, 3.05) is 18.1 Å². The highest BCUT2D eigenvalue weighted by Crippen LogP contribution is 2.41. The average molecular weight is 476 g/mol. The lowest BCUT2D eigenvalue weighted by Gasteiger charge is -2.11. The van der Waals surface area contributed by atoms with Crippen LogP contribution in [0.25, 0.3) is 11.4 Å². The number of anilines is 1. The monoisotopic (exact) mass is 475 g/mol. The van der Waals surface area contributed by atoms with E-state index in [1.165, 1.54) is 30.9 Å². The van der Waals surface area contributed by atoms with E-state index in [0.29, 0.717) is 27.8 Å². The van der Waals surface area contributed by atoms with Crippen molar-refractivity contribution in [2.24, 2.45) is 0 Å². The summed E-state index contributed by atoms with van der Waals surface area (Å²) < 4.78 is 42.7. The van der Waals surface area contributed by atoms with Crippen LogP contribution in [-0.2, 0) is 14.8 Å². The standard InChI is InChI=1S/C21H22FN5O3S2/c1-13-7-8-14(11-18(13)32(29,30)23-2)24-19(28)12-31-21-26-25-20(27(21)15-9-10-15)16-5-3-4-6-17(16)22/h3-8,11,15,23H,9-10,12H2,1-2H3,(H,24,28). The van der Waals surface area contributed by atoms with Gasteiger partial charge in [0.25, 0.3) is 0 Å². The number of hydrogen-bond acceptors (Lipinski definition) is 6. The first kappa shape index (κ1) is 22.4. The van der Waals surface area contributed by atoms with Gasteiger partial charge in [0.05, 0.1) is 16.2 Å². The molecule has 3 aromatic rings. The number of nitrogens with one attached hydrogen (secondary N) is 2. The van der Waals surface area contributed by atoms with Crippen LogP contribution in [0.5, 0.6) is 0 Å². The number of amides is 1. The number of hydrogen-bond donors (Lipinski definition) is 2. The molecule has 1 aliphatic carbocycles. The summed E-state index contributed by atoms with van der Waals surface area (Å²) in [5, 5.41) is 11.6. The third-order valence-corrected chi connectivity index (χ3v) is 7.55. The summed E-state index contributed by atoms with van der Waals surface area (Å²) in [6.07, 6.45) is 1.90. The van der Waals surface area contributed by atoms with Gasteiger partial charge in [-0.3, -0.25) is 9.36 Å². The maximum atomic E-state index is 14.3. The highest BCUT2D eigenvalue weighted by atomic mass is 32.2. The zero-order valence-electron chi connectivity index (χ0n) is 17.5. The predicted molar refractivity (Wildman–Crippen MR) is 120 cm³/mol. The van der Waals surface area contributed by atoms with Gasteiger partial charge in [-0.05, 0) is 56.6 Å². The van der Waals surface area contributed by atoms with Crippen molar-refractivity contribution in [2.45, 2.75) is 35.9 Å². The fourth-order valence-electron chi connectivity index (χ4n) is 3.27. The largest absolute Gasteiger partial charge is 0.325 e. The summed E-state index contributed by atoms with van der Waals surface area (Å²) in [5.41, 5.74) is 1.33. The number of halogens is 1. The molecule has 0 aliphatic heterocycles. The van der Waals surface area contributed by atoms with Gasteiger partial charge < -0.3 is 5.32 Å². The first-order valence-electron chi connectivity index (χ1n) is 9.97. The lowest BCUT2D eigenvalue weighted by atomic mass is 10.2.